The van der Waals surface area contributed by atoms with Crippen molar-refractivity contribution in [3.05, 3.63) is 40.8 Å². The van der Waals surface area contributed by atoms with Crippen molar-refractivity contribution in [3.8, 4) is 11.5 Å². The van der Waals surface area contributed by atoms with Crippen LogP contribution in [0.3, 0.4) is 0 Å². The minimum atomic E-state index is 0. The summed E-state index contributed by atoms with van der Waals surface area (Å²) in [4.78, 5) is 2.46. The molecular weight excluding hydrogens is 378 g/mol. The first-order chi connectivity index (χ1) is 12.8. The topological polar surface area (TPSA) is 73.8 Å². The molecule has 0 saturated carbocycles. The maximum Gasteiger partial charge on any atom is 0.161 e. The van der Waals surface area contributed by atoms with E-state index in [1.54, 1.807) is 7.11 Å². The highest BCUT2D eigenvalue weighted by atomic mass is 35.5. The summed E-state index contributed by atoms with van der Waals surface area (Å²) in [7, 11) is 1.67. The van der Waals surface area contributed by atoms with Gasteiger partial charge in [-0.1, -0.05) is 25.1 Å². The number of rotatable bonds is 6. The van der Waals surface area contributed by atoms with Crippen molar-refractivity contribution in [2.75, 3.05) is 20.2 Å². The average Bonchev–Trinajstić information content (AvgIpc) is 2.95. The van der Waals surface area contributed by atoms with Crippen molar-refractivity contribution in [2.45, 2.75) is 53.3 Å². The molecular formula is C21H32ClN3O3. The van der Waals surface area contributed by atoms with Crippen LogP contribution in [0.25, 0.3) is 0 Å². The minimum absolute atomic E-state index is 0. The van der Waals surface area contributed by atoms with Gasteiger partial charge in [0.15, 0.2) is 11.5 Å². The molecule has 1 saturated heterocycles. The Morgan fingerprint density at radius 1 is 1.29 bits per heavy atom. The Hall–Kier alpha value is -1.76. The first-order valence-electron chi connectivity index (χ1n) is 9.49. The number of ether oxygens (including phenoxy) is 2. The van der Waals surface area contributed by atoms with Crippen LogP contribution in [0.5, 0.6) is 11.5 Å². The molecule has 2 aromatic rings. The second kappa shape index (κ2) is 9.16. The van der Waals surface area contributed by atoms with E-state index in [4.69, 9.17) is 19.7 Å². The smallest absolute Gasteiger partial charge is 0.161 e. The number of hydrogen-bond donors (Lipinski definition) is 1. The number of benzene rings is 1. The van der Waals surface area contributed by atoms with Gasteiger partial charge < -0.3 is 19.7 Å². The summed E-state index contributed by atoms with van der Waals surface area (Å²) in [5, 5.41) is 3.97. The molecule has 1 unspecified atom stereocenters. The van der Waals surface area contributed by atoms with Crippen molar-refractivity contribution in [3.63, 3.8) is 0 Å². The third kappa shape index (κ3) is 4.99. The molecule has 0 bridgehead atoms. The Labute approximate surface area is 173 Å². The molecule has 1 aliphatic heterocycles. The maximum atomic E-state index is 6.25. The molecule has 0 spiro atoms. The normalized spacial score (nSPS) is 19.1. The summed E-state index contributed by atoms with van der Waals surface area (Å²) in [5.74, 6) is 2.25. The predicted molar refractivity (Wildman–Crippen MR) is 112 cm³/mol. The number of nitrogens with zero attached hydrogens (tertiary/aromatic N) is 2. The van der Waals surface area contributed by atoms with E-state index >= 15 is 0 Å². The fraction of sp³-hybridized carbons (Fsp3) is 0.571. The fourth-order valence-corrected chi connectivity index (χ4v) is 3.67. The van der Waals surface area contributed by atoms with Crippen LogP contribution in [0.1, 0.15) is 42.8 Å². The van der Waals surface area contributed by atoms with Crippen LogP contribution >= 0.6 is 12.4 Å². The van der Waals surface area contributed by atoms with Gasteiger partial charge in [0.05, 0.1) is 18.4 Å². The highest BCUT2D eigenvalue weighted by Crippen LogP contribution is 2.32. The molecule has 0 amide bonds. The van der Waals surface area contributed by atoms with Crippen LogP contribution in [0, 0.1) is 19.3 Å². The summed E-state index contributed by atoms with van der Waals surface area (Å²) in [6.45, 7) is 11.6. The van der Waals surface area contributed by atoms with Crippen LogP contribution in [0.4, 0.5) is 0 Å². The number of halogens is 1. The Morgan fingerprint density at radius 3 is 2.64 bits per heavy atom. The molecule has 28 heavy (non-hydrogen) atoms. The number of piperidine rings is 1. The van der Waals surface area contributed by atoms with Crippen LogP contribution in [-0.2, 0) is 13.2 Å². The molecule has 7 heteroatoms. The molecule has 1 aromatic heterocycles. The number of aromatic nitrogens is 1. The van der Waals surface area contributed by atoms with Gasteiger partial charge in [-0.15, -0.1) is 12.4 Å². The number of aryl methyl sites for hydroxylation is 2. The van der Waals surface area contributed by atoms with Crippen molar-refractivity contribution in [1.29, 1.82) is 0 Å². The van der Waals surface area contributed by atoms with Gasteiger partial charge >= 0.3 is 0 Å². The number of methoxy groups -OCH3 is 1. The molecule has 6 nitrogen and oxygen atoms in total. The maximum absolute atomic E-state index is 6.25. The van der Waals surface area contributed by atoms with Crippen molar-refractivity contribution in [1.82, 2.24) is 10.1 Å². The molecule has 2 N–H and O–H groups in total. The summed E-state index contributed by atoms with van der Waals surface area (Å²) < 4.78 is 16.7. The molecule has 2 heterocycles. The summed E-state index contributed by atoms with van der Waals surface area (Å²) in [6, 6.07) is 6.41. The van der Waals surface area contributed by atoms with Gasteiger partial charge in [0, 0.05) is 25.7 Å². The van der Waals surface area contributed by atoms with Crippen LogP contribution in [0.2, 0.25) is 0 Å². The van der Waals surface area contributed by atoms with E-state index in [2.05, 4.69) is 36.0 Å². The molecule has 1 fully saturated rings. The first kappa shape index (κ1) is 22.5. The Bertz CT molecular complexity index is 772. The van der Waals surface area contributed by atoms with E-state index in [-0.39, 0.29) is 23.9 Å². The summed E-state index contributed by atoms with van der Waals surface area (Å²) in [6.07, 6.45) is 1.03. The van der Waals surface area contributed by atoms with Crippen molar-refractivity contribution in [2.24, 2.45) is 11.1 Å². The SMILES string of the molecule is COc1cc(CN2CCC(N)C(C)(C)C2)ccc1OCc1c(C)noc1C.Cl. The van der Waals surface area contributed by atoms with Gasteiger partial charge in [-0.25, -0.2) is 0 Å². The molecule has 3 rings (SSSR count). The third-order valence-electron chi connectivity index (χ3n) is 5.58. The zero-order chi connectivity index (χ0) is 19.6. The lowest BCUT2D eigenvalue weighted by Crippen LogP contribution is -2.52. The van der Waals surface area contributed by atoms with E-state index in [0.29, 0.717) is 6.61 Å². The summed E-state index contributed by atoms with van der Waals surface area (Å²) in [5.41, 5.74) is 9.44. The lowest BCUT2D eigenvalue weighted by atomic mass is 9.79. The number of hydrogen-bond acceptors (Lipinski definition) is 6. The zero-order valence-electron chi connectivity index (χ0n) is 17.4. The second-order valence-corrected chi connectivity index (χ2v) is 8.17. The lowest BCUT2D eigenvalue weighted by molar-refractivity contribution is 0.0898. The number of nitrogens with two attached hydrogens (primary N) is 1. The monoisotopic (exact) mass is 409 g/mol. The Morgan fingerprint density at radius 2 is 2.04 bits per heavy atom. The first-order valence-corrected chi connectivity index (χ1v) is 9.49. The van der Waals surface area contributed by atoms with Gasteiger partial charge in [0.1, 0.15) is 12.4 Å². The second-order valence-electron chi connectivity index (χ2n) is 8.17. The van der Waals surface area contributed by atoms with Crippen LogP contribution in [0.15, 0.2) is 22.7 Å². The van der Waals surface area contributed by atoms with Gasteiger partial charge in [-0.3, -0.25) is 4.90 Å². The third-order valence-corrected chi connectivity index (χ3v) is 5.58. The summed E-state index contributed by atoms with van der Waals surface area (Å²) >= 11 is 0. The van der Waals surface area contributed by atoms with E-state index in [1.807, 2.05) is 19.9 Å². The quantitative estimate of drug-likeness (QED) is 0.780. The van der Waals surface area contributed by atoms with E-state index in [0.717, 1.165) is 54.6 Å². The van der Waals surface area contributed by atoms with E-state index in [9.17, 15) is 0 Å². The van der Waals surface area contributed by atoms with Gasteiger partial charge in [-0.2, -0.15) is 0 Å². The highest BCUT2D eigenvalue weighted by Gasteiger charge is 2.33. The van der Waals surface area contributed by atoms with E-state index in [1.165, 1.54) is 5.56 Å². The molecule has 1 aromatic carbocycles. The minimum Gasteiger partial charge on any atom is -0.493 e. The Kier molecular flexibility index (Phi) is 7.37. The van der Waals surface area contributed by atoms with Crippen molar-refractivity contribution >= 4 is 12.4 Å². The van der Waals surface area contributed by atoms with E-state index < -0.39 is 0 Å². The zero-order valence-corrected chi connectivity index (χ0v) is 18.3. The average molecular weight is 410 g/mol. The molecule has 1 atom stereocenters. The van der Waals surface area contributed by atoms with Gasteiger partial charge in [0.25, 0.3) is 0 Å². The largest absolute Gasteiger partial charge is 0.493 e. The van der Waals surface area contributed by atoms with Crippen LogP contribution in [-0.4, -0.2) is 36.3 Å². The number of likely N-dealkylation sites (tertiary alicyclic amines) is 1. The van der Waals surface area contributed by atoms with Crippen LogP contribution < -0.4 is 15.2 Å². The van der Waals surface area contributed by atoms with Crippen molar-refractivity contribution < 1.29 is 14.0 Å². The molecule has 1 aliphatic rings. The molecule has 0 radical (unpaired) electrons. The Balaban J connectivity index is 0.00000280. The fourth-order valence-electron chi connectivity index (χ4n) is 3.67. The standard InChI is InChI=1S/C21H31N3O3.ClH/c1-14-17(15(2)27-23-14)12-26-18-7-6-16(10-19(18)25-5)11-24-9-8-20(22)21(3,4)13-24;/h6-7,10,20H,8-9,11-13,22H2,1-5H3;1H. The predicted octanol–water partition coefficient (Wildman–Crippen LogP) is 3.86. The highest BCUT2D eigenvalue weighted by molar-refractivity contribution is 5.85. The van der Waals surface area contributed by atoms with Gasteiger partial charge in [0.2, 0.25) is 0 Å². The molecule has 0 aliphatic carbocycles. The molecule has 156 valence electrons. The van der Waals surface area contributed by atoms with Gasteiger partial charge in [-0.05, 0) is 43.4 Å². The lowest BCUT2D eigenvalue weighted by Gasteiger charge is -2.42.